The third-order valence-corrected chi connectivity index (χ3v) is 4.86. The fraction of sp³-hybridized carbons (Fsp3) is 0.300. The molecular formula is C20H22N4O. The summed E-state index contributed by atoms with van der Waals surface area (Å²) in [4.78, 5) is 21.9. The van der Waals surface area contributed by atoms with Gasteiger partial charge in [-0.15, -0.1) is 6.58 Å². The van der Waals surface area contributed by atoms with E-state index in [9.17, 15) is 4.79 Å². The summed E-state index contributed by atoms with van der Waals surface area (Å²) in [6, 6.07) is 8.45. The Morgan fingerprint density at radius 2 is 2.20 bits per heavy atom. The molecule has 0 saturated heterocycles. The molecule has 0 saturated carbocycles. The highest BCUT2D eigenvalue weighted by molar-refractivity contribution is 5.84. The first-order chi connectivity index (χ1) is 12.2. The monoisotopic (exact) mass is 334 g/mol. The molecule has 0 spiro atoms. The number of benzene rings is 1. The van der Waals surface area contributed by atoms with E-state index in [0.29, 0.717) is 12.4 Å². The van der Waals surface area contributed by atoms with Crippen LogP contribution in [0.2, 0.25) is 0 Å². The van der Waals surface area contributed by atoms with Crippen LogP contribution in [0.15, 0.2) is 47.9 Å². The van der Waals surface area contributed by atoms with Crippen molar-refractivity contribution in [2.45, 2.75) is 33.0 Å². The lowest BCUT2D eigenvalue weighted by atomic mass is 10.1. The van der Waals surface area contributed by atoms with E-state index in [0.717, 1.165) is 37.3 Å². The van der Waals surface area contributed by atoms with Gasteiger partial charge in [-0.1, -0.05) is 24.3 Å². The molecule has 1 aliphatic heterocycles. The zero-order valence-electron chi connectivity index (χ0n) is 14.5. The minimum Gasteiger partial charge on any atom is -0.343 e. The van der Waals surface area contributed by atoms with Crippen molar-refractivity contribution in [2.24, 2.45) is 0 Å². The number of nitrogens with zero attached hydrogens (tertiary/aromatic N) is 3. The predicted octanol–water partition coefficient (Wildman–Crippen LogP) is 2.78. The van der Waals surface area contributed by atoms with Gasteiger partial charge in [0.25, 0.3) is 5.56 Å². The van der Waals surface area contributed by atoms with Crippen LogP contribution in [0, 0.1) is 6.92 Å². The predicted molar refractivity (Wildman–Crippen MR) is 99.5 cm³/mol. The summed E-state index contributed by atoms with van der Waals surface area (Å²) in [6.45, 7) is 8.89. The van der Waals surface area contributed by atoms with Crippen molar-refractivity contribution < 1.29 is 0 Å². The molecule has 25 heavy (non-hydrogen) atoms. The summed E-state index contributed by atoms with van der Waals surface area (Å²) in [6.07, 6.45) is 4.95. The molecule has 0 fully saturated rings. The Labute approximate surface area is 146 Å². The molecule has 128 valence electrons. The van der Waals surface area contributed by atoms with Crippen LogP contribution in [0.4, 0.5) is 0 Å². The van der Waals surface area contributed by atoms with Crippen molar-refractivity contribution in [3.8, 4) is 0 Å². The molecular weight excluding hydrogens is 312 g/mol. The molecule has 1 aromatic carbocycles. The number of allylic oxidation sites excluding steroid dienone is 1. The Hall–Kier alpha value is -2.66. The normalized spacial score (nSPS) is 14.6. The number of hydrogen-bond acceptors (Lipinski definition) is 3. The van der Waals surface area contributed by atoms with Crippen LogP contribution in [-0.2, 0) is 26.1 Å². The maximum Gasteiger partial charge on any atom is 0.255 e. The van der Waals surface area contributed by atoms with Gasteiger partial charge >= 0.3 is 0 Å². The highest BCUT2D eigenvalue weighted by Gasteiger charge is 2.21. The molecule has 0 bridgehead atoms. The first kappa shape index (κ1) is 15.8. The van der Waals surface area contributed by atoms with Crippen LogP contribution in [-0.4, -0.2) is 26.0 Å². The molecule has 3 aromatic rings. The second-order valence-corrected chi connectivity index (χ2v) is 6.65. The largest absolute Gasteiger partial charge is 0.343 e. The van der Waals surface area contributed by atoms with Gasteiger partial charge in [-0.05, 0) is 18.6 Å². The lowest BCUT2D eigenvalue weighted by Crippen LogP contribution is -2.35. The Morgan fingerprint density at radius 1 is 1.36 bits per heavy atom. The Kier molecular flexibility index (Phi) is 4.01. The maximum absolute atomic E-state index is 12.2. The Bertz CT molecular complexity index is 999. The lowest BCUT2D eigenvalue weighted by Gasteiger charge is -2.27. The van der Waals surface area contributed by atoms with E-state index in [1.807, 2.05) is 13.0 Å². The van der Waals surface area contributed by atoms with E-state index in [-0.39, 0.29) is 5.56 Å². The molecule has 0 atom stereocenters. The molecule has 3 heterocycles. The van der Waals surface area contributed by atoms with E-state index in [4.69, 9.17) is 0 Å². The average molecular weight is 334 g/mol. The first-order valence-corrected chi connectivity index (χ1v) is 8.64. The van der Waals surface area contributed by atoms with Crippen LogP contribution < -0.4 is 5.56 Å². The molecule has 5 heteroatoms. The number of aromatic nitrogens is 3. The third-order valence-electron chi connectivity index (χ3n) is 4.86. The zero-order valence-corrected chi connectivity index (χ0v) is 14.5. The second-order valence-electron chi connectivity index (χ2n) is 6.65. The van der Waals surface area contributed by atoms with Crippen molar-refractivity contribution in [2.75, 3.05) is 6.54 Å². The highest BCUT2D eigenvalue weighted by Crippen LogP contribution is 2.24. The van der Waals surface area contributed by atoms with Gasteiger partial charge in [0.1, 0.15) is 5.82 Å². The summed E-state index contributed by atoms with van der Waals surface area (Å²) in [7, 11) is 0. The van der Waals surface area contributed by atoms with Gasteiger partial charge in [0.15, 0.2) is 0 Å². The summed E-state index contributed by atoms with van der Waals surface area (Å²) >= 11 is 0. The van der Waals surface area contributed by atoms with Crippen LogP contribution in [0.25, 0.3) is 10.9 Å². The molecule has 0 radical (unpaired) electrons. The number of hydrogen-bond donors (Lipinski definition) is 1. The fourth-order valence-corrected chi connectivity index (χ4v) is 3.72. The van der Waals surface area contributed by atoms with Crippen LogP contribution in [0.1, 0.15) is 22.6 Å². The van der Waals surface area contributed by atoms with Crippen molar-refractivity contribution in [1.82, 2.24) is 19.4 Å². The van der Waals surface area contributed by atoms with Crippen molar-refractivity contribution in [3.05, 3.63) is 76.1 Å². The maximum atomic E-state index is 12.2. The van der Waals surface area contributed by atoms with Crippen molar-refractivity contribution in [1.29, 1.82) is 0 Å². The quantitative estimate of drug-likeness (QED) is 0.747. The van der Waals surface area contributed by atoms with Gasteiger partial charge in [-0.3, -0.25) is 9.69 Å². The number of aryl methyl sites for hydroxylation is 1. The minimum atomic E-state index is 0.00119. The van der Waals surface area contributed by atoms with Gasteiger partial charge < -0.3 is 9.55 Å². The topological polar surface area (TPSA) is 53.9 Å². The van der Waals surface area contributed by atoms with Crippen LogP contribution in [0.3, 0.4) is 0 Å². The number of fused-ring (bicyclic) bond motifs is 2. The van der Waals surface area contributed by atoms with Crippen molar-refractivity contribution in [3.63, 3.8) is 0 Å². The SMILES string of the molecule is C=CCn1cc(CN2CCc3nc(C)[nH]c(=O)c3C2)c2ccccc21. The van der Waals surface area contributed by atoms with Gasteiger partial charge in [0, 0.05) is 49.7 Å². The second kappa shape index (κ2) is 6.33. The van der Waals surface area contributed by atoms with E-state index >= 15 is 0 Å². The van der Waals surface area contributed by atoms with E-state index in [1.54, 1.807) is 0 Å². The molecule has 2 aromatic heterocycles. The van der Waals surface area contributed by atoms with E-state index in [1.165, 1.54) is 16.5 Å². The van der Waals surface area contributed by atoms with E-state index in [2.05, 4.69) is 56.5 Å². The molecule has 0 aliphatic carbocycles. The Balaban J connectivity index is 1.64. The Morgan fingerprint density at radius 3 is 3.04 bits per heavy atom. The highest BCUT2D eigenvalue weighted by atomic mass is 16.1. The average Bonchev–Trinajstić information content (AvgIpc) is 2.94. The fourth-order valence-electron chi connectivity index (χ4n) is 3.72. The van der Waals surface area contributed by atoms with Gasteiger partial charge in [-0.25, -0.2) is 4.98 Å². The summed E-state index contributed by atoms with van der Waals surface area (Å²) in [5.41, 5.74) is 4.28. The zero-order chi connectivity index (χ0) is 17.4. The third kappa shape index (κ3) is 2.91. The molecule has 0 amide bonds. The molecule has 1 aliphatic rings. The molecule has 1 N–H and O–H groups in total. The molecule has 4 rings (SSSR count). The standard InChI is InChI=1S/C20H22N4O/c1-3-9-24-12-15(16-6-4-5-7-19(16)24)11-23-10-8-18-17(13-23)20(25)22-14(2)21-18/h3-7,12H,1,8-11,13H2,2H3,(H,21,22,25). The first-order valence-electron chi connectivity index (χ1n) is 8.64. The van der Waals surface area contributed by atoms with Crippen LogP contribution >= 0.6 is 0 Å². The number of para-hydroxylation sites is 1. The molecule has 5 nitrogen and oxygen atoms in total. The molecule has 0 unspecified atom stereocenters. The summed E-state index contributed by atoms with van der Waals surface area (Å²) in [5, 5.41) is 1.27. The summed E-state index contributed by atoms with van der Waals surface area (Å²) in [5.74, 6) is 0.699. The lowest BCUT2D eigenvalue weighted by molar-refractivity contribution is 0.242. The van der Waals surface area contributed by atoms with E-state index < -0.39 is 0 Å². The van der Waals surface area contributed by atoms with Crippen LogP contribution in [0.5, 0.6) is 0 Å². The smallest absolute Gasteiger partial charge is 0.255 e. The van der Waals surface area contributed by atoms with Crippen molar-refractivity contribution >= 4 is 10.9 Å². The number of aromatic amines is 1. The summed E-state index contributed by atoms with van der Waals surface area (Å²) < 4.78 is 2.23. The number of H-pyrrole nitrogens is 1. The number of nitrogens with one attached hydrogen (secondary N) is 1. The minimum absolute atomic E-state index is 0.00119. The van der Waals surface area contributed by atoms with Gasteiger partial charge in [0.2, 0.25) is 0 Å². The number of rotatable bonds is 4. The van der Waals surface area contributed by atoms with Gasteiger partial charge in [0.05, 0.1) is 11.3 Å². The van der Waals surface area contributed by atoms with Gasteiger partial charge in [-0.2, -0.15) is 0 Å².